The highest BCUT2D eigenvalue weighted by Crippen LogP contribution is 2.03. The minimum absolute atomic E-state index is 0.127. The van der Waals surface area contributed by atoms with Crippen molar-refractivity contribution in [2.75, 3.05) is 7.05 Å². The molecular weight excluding hydrogens is 223 g/mol. The van der Waals surface area contributed by atoms with Crippen molar-refractivity contribution in [3.63, 3.8) is 0 Å². The Balaban J connectivity index is 2.50. The molecule has 5 heteroatoms. The zero-order valence-corrected chi connectivity index (χ0v) is 9.79. The Hall–Kier alpha value is -1.91. The normalized spacial score (nSPS) is 11.7. The summed E-state index contributed by atoms with van der Waals surface area (Å²) < 4.78 is 12.6. The van der Waals surface area contributed by atoms with Crippen LogP contribution in [0, 0.1) is 5.82 Å². The lowest BCUT2D eigenvalue weighted by molar-refractivity contribution is -0.128. The molecule has 1 aromatic carbocycles. The predicted octanol–water partition coefficient (Wildman–Crippen LogP) is 0.619. The van der Waals surface area contributed by atoms with Gasteiger partial charge in [0, 0.05) is 7.05 Å². The lowest BCUT2D eigenvalue weighted by Crippen LogP contribution is -2.44. The summed E-state index contributed by atoms with van der Waals surface area (Å²) in [6.07, 6.45) is 0.127. The van der Waals surface area contributed by atoms with Crippen molar-refractivity contribution in [1.82, 2.24) is 10.6 Å². The molecule has 1 rings (SSSR count). The summed E-state index contributed by atoms with van der Waals surface area (Å²) in [5.41, 5.74) is 0.702. The maximum absolute atomic E-state index is 12.6. The first-order valence-corrected chi connectivity index (χ1v) is 5.28. The fourth-order valence-corrected chi connectivity index (χ4v) is 1.36. The zero-order chi connectivity index (χ0) is 12.8. The average Bonchev–Trinajstić information content (AvgIpc) is 2.30. The lowest BCUT2D eigenvalue weighted by Gasteiger charge is -2.12. The van der Waals surface area contributed by atoms with E-state index in [1.165, 1.54) is 19.2 Å². The molecule has 2 amide bonds. The molecule has 0 spiro atoms. The van der Waals surface area contributed by atoms with Crippen LogP contribution in [0.25, 0.3) is 0 Å². The first kappa shape index (κ1) is 13.2. The van der Waals surface area contributed by atoms with Crippen LogP contribution in [0.15, 0.2) is 24.3 Å². The van der Waals surface area contributed by atoms with Crippen molar-refractivity contribution in [1.29, 1.82) is 0 Å². The molecule has 1 unspecified atom stereocenters. The predicted molar refractivity (Wildman–Crippen MR) is 61.8 cm³/mol. The molecule has 0 radical (unpaired) electrons. The minimum atomic E-state index is -0.576. The monoisotopic (exact) mass is 238 g/mol. The molecule has 0 aliphatic carbocycles. The zero-order valence-electron chi connectivity index (χ0n) is 9.79. The van der Waals surface area contributed by atoms with Crippen molar-refractivity contribution in [3.05, 3.63) is 35.6 Å². The maximum Gasteiger partial charge on any atom is 0.242 e. The molecule has 0 heterocycles. The largest absolute Gasteiger partial charge is 0.357 e. The standard InChI is InChI=1S/C12H15FN2O2/c1-8(12(17)14-2)15-11(16)7-9-3-5-10(13)6-4-9/h3-6,8H,7H2,1-2H3,(H,14,17)(H,15,16). The van der Waals surface area contributed by atoms with Crippen LogP contribution < -0.4 is 10.6 Å². The first-order chi connectivity index (χ1) is 8.02. The Kier molecular flexibility index (Phi) is 4.63. The van der Waals surface area contributed by atoms with Crippen molar-refractivity contribution < 1.29 is 14.0 Å². The van der Waals surface area contributed by atoms with Gasteiger partial charge in [0.25, 0.3) is 0 Å². The van der Waals surface area contributed by atoms with Crippen molar-refractivity contribution in [3.8, 4) is 0 Å². The van der Waals surface area contributed by atoms with Crippen LogP contribution in [0.4, 0.5) is 4.39 Å². The summed E-state index contributed by atoms with van der Waals surface area (Å²) >= 11 is 0. The highest BCUT2D eigenvalue weighted by atomic mass is 19.1. The van der Waals surface area contributed by atoms with Crippen LogP contribution >= 0.6 is 0 Å². The van der Waals surface area contributed by atoms with E-state index >= 15 is 0 Å². The molecule has 0 saturated carbocycles. The van der Waals surface area contributed by atoms with Crippen molar-refractivity contribution in [2.24, 2.45) is 0 Å². The van der Waals surface area contributed by atoms with Crippen molar-refractivity contribution >= 4 is 11.8 Å². The topological polar surface area (TPSA) is 58.2 Å². The second-order valence-electron chi connectivity index (χ2n) is 3.71. The smallest absolute Gasteiger partial charge is 0.242 e. The number of hydrogen-bond acceptors (Lipinski definition) is 2. The molecule has 1 aromatic rings. The third kappa shape index (κ3) is 4.22. The summed E-state index contributed by atoms with van der Waals surface area (Å²) in [6, 6.07) is 5.10. The van der Waals surface area contributed by atoms with E-state index in [9.17, 15) is 14.0 Å². The summed E-state index contributed by atoms with van der Waals surface area (Å²) in [5, 5.41) is 4.99. The molecule has 0 aromatic heterocycles. The highest BCUT2D eigenvalue weighted by molar-refractivity contribution is 5.87. The number of amides is 2. The Labute approximate surface area is 99.2 Å². The molecule has 1 atom stereocenters. The SMILES string of the molecule is CNC(=O)C(C)NC(=O)Cc1ccc(F)cc1. The van der Waals surface area contributed by atoms with E-state index in [4.69, 9.17) is 0 Å². The van der Waals surface area contributed by atoms with Gasteiger partial charge in [0.15, 0.2) is 0 Å². The molecule has 0 bridgehead atoms. The fraction of sp³-hybridized carbons (Fsp3) is 0.333. The third-order valence-electron chi connectivity index (χ3n) is 2.30. The van der Waals surface area contributed by atoms with E-state index in [2.05, 4.69) is 10.6 Å². The van der Waals surface area contributed by atoms with Crippen molar-refractivity contribution in [2.45, 2.75) is 19.4 Å². The Bertz CT molecular complexity index is 403. The highest BCUT2D eigenvalue weighted by Gasteiger charge is 2.13. The van der Waals surface area contributed by atoms with Gasteiger partial charge in [-0.3, -0.25) is 9.59 Å². The number of carbonyl (C=O) groups is 2. The molecule has 92 valence electrons. The molecule has 0 aliphatic heterocycles. The molecular formula is C12H15FN2O2. The van der Waals surface area contributed by atoms with Crippen LogP contribution in [0.3, 0.4) is 0 Å². The maximum atomic E-state index is 12.6. The molecule has 0 fully saturated rings. The summed E-state index contributed by atoms with van der Waals surface area (Å²) in [6.45, 7) is 1.60. The molecule has 2 N–H and O–H groups in total. The number of carbonyl (C=O) groups excluding carboxylic acids is 2. The van der Waals surface area contributed by atoms with Gasteiger partial charge in [-0.15, -0.1) is 0 Å². The number of rotatable bonds is 4. The van der Waals surface area contributed by atoms with Gasteiger partial charge in [-0.05, 0) is 24.6 Å². The van der Waals surface area contributed by atoms with Gasteiger partial charge in [-0.1, -0.05) is 12.1 Å². The Morgan fingerprint density at radius 3 is 2.41 bits per heavy atom. The summed E-state index contributed by atoms with van der Waals surface area (Å²) in [4.78, 5) is 22.7. The van der Waals surface area contributed by atoms with E-state index in [1.54, 1.807) is 19.1 Å². The minimum Gasteiger partial charge on any atom is -0.357 e. The first-order valence-electron chi connectivity index (χ1n) is 5.28. The average molecular weight is 238 g/mol. The second kappa shape index (κ2) is 5.98. The molecule has 4 nitrogen and oxygen atoms in total. The van der Waals surface area contributed by atoms with Gasteiger partial charge in [-0.25, -0.2) is 4.39 Å². The van der Waals surface area contributed by atoms with E-state index in [0.29, 0.717) is 5.56 Å². The van der Waals surface area contributed by atoms with Crippen LogP contribution in [0.5, 0.6) is 0 Å². The fourth-order valence-electron chi connectivity index (χ4n) is 1.36. The van der Waals surface area contributed by atoms with E-state index < -0.39 is 6.04 Å². The molecule has 17 heavy (non-hydrogen) atoms. The lowest BCUT2D eigenvalue weighted by atomic mass is 10.1. The molecule has 0 aliphatic rings. The van der Waals surface area contributed by atoms with Gasteiger partial charge in [0.1, 0.15) is 11.9 Å². The van der Waals surface area contributed by atoms with Gasteiger partial charge in [0.05, 0.1) is 6.42 Å². The van der Waals surface area contributed by atoms with E-state index in [0.717, 1.165) is 0 Å². The number of hydrogen-bond donors (Lipinski definition) is 2. The summed E-state index contributed by atoms with van der Waals surface area (Å²) in [7, 11) is 1.50. The van der Waals surface area contributed by atoms with Gasteiger partial charge in [-0.2, -0.15) is 0 Å². The van der Waals surface area contributed by atoms with E-state index in [1.807, 2.05) is 0 Å². The van der Waals surface area contributed by atoms with Crippen LogP contribution in [0.1, 0.15) is 12.5 Å². The Morgan fingerprint density at radius 1 is 1.29 bits per heavy atom. The number of benzene rings is 1. The molecule has 0 saturated heterocycles. The summed E-state index contributed by atoms with van der Waals surface area (Å²) in [5.74, 6) is -0.863. The van der Waals surface area contributed by atoms with Gasteiger partial charge >= 0.3 is 0 Å². The quantitative estimate of drug-likeness (QED) is 0.807. The number of likely N-dealkylation sites (N-methyl/N-ethyl adjacent to an activating group) is 1. The number of halogens is 1. The number of nitrogens with one attached hydrogen (secondary N) is 2. The van der Waals surface area contributed by atoms with Crippen LogP contribution in [-0.2, 0) is 16.0 Å². The van der Waals surface area contributed by atoms with Gasteiger partial charge < -0.3 is 10.6 Å². The van der Waals surface area contributed by atoms with E-state index in [-0.39, 0.29) is 24.1 Å². The third-order valence-corrected chi connectivity index (χ3v) is 2.30. The van der Waals surface area contributed by atoms with Crippen LogP contribution in [0.2, 0.25) is 0 Å². The Morgan fingerprint density at radius 2 is 1.88 bits per heavy atom. The second-order valence-corrected chi connectivity index (χ2v) is 3.71. The van der Waals surface area contributed by atoms with Gasteiger partial charge in [0.2, 0.25) is 11.8 Å². The van der Waals surface area contributed by atoms with Crippen LogP contribution in [-0.4, -0.2) is 24.9 Å².